The Bertz CT molecular complexity index is 181. The van der Waals surface area contributed by atoms with Gasteiger partial charge in [-0.25, -0.2) is 0 Å². The molecule has 1 rings (SSSR count). The molecule has 1 aliphatic heterocycles. The Morgan fingerprint density at radius 3 is 2.54 bits per heavy atom. The zero-order valence-electron chi connectivity index (χ0n) is 9.10. The van der Waals surface area contributed by atoms with Gasteiger partial charge in [0.15, 0.2) is 0 Å². The van der Waals surface area contributed by atoms with Gasteiger partial charge in [0.2, 0.25) is 5.91 Å². The largest absolute Gasteiger partial charge is 0.343 e. The molecule has 0 aromatic heterocycles. The number of amides is 1. The fourth-order valence-electron chi connectivity index (χ4n) is 1.57. The lowest BCUT2D eigenvalue weighted by Crippen LogP contribution is -2.37. The van der Waals surface area contributed by atoms with E-state index in [1.54, 1.807) is 0 Å². The van der Waals surface area contributed by atoms with Gasteiger partial charge in [0.1, 0.15) is 0 Å². The molecule has 76 valence electrons. The maximum atomic E-state index is 11.4. The second-order valence-electron chi connectivity index (χ2n) is 5.15. The van der Waals surface area contributed by atoms with Crippen LogP contribution in [0, 0.1) is 5.41 Å². The first kappa shape index (κ1) is 10.6. The van der Waals surface area contributed by atoms with Gasteiger partial charge in [0, 0.05) is 19.5 Å². The molecule has 0 aromatic rings. The normalized spacial score (nSPS) is 19.3. The van der Waals surface area contributed by atoms with Gasteiger partial charge in [-0.1, -0.05) is 20.8 Å². The number of carbonyl (C=O) groups excluding carboxylic acids is 1. The van der Waals surface area contributed by atoms with E-state index in [0.29, 0.717) is 11.3 Å². The van der Waals surface area contributed by atoms with E-state index in [2.05, 4.69) is 20.8 Å². The summed E-state index contributed by atoms with van der Waals surface area (Å²) in [5.41, 5.74) is 0.345. The molecule has 0 N–H and O–H groups in total. The van der Waals surface area contributed by atoms with Crippen LogP contribution in [0.25, 0.3) is 0 Å². The third kappa shape index (κ3) is 3.79. The maximum absolute atomic E-state index is 11.4. The van der Waals surface area contributed by atoms with E-state index in [1.165, 1.54) is 6.42 Å². The van der Waals surface area contributed by atoms with Crippen molar-refractivity contribution in [1.82, 2.24) is 4.90 Å². The minimum Gasteiger partial charge on any atom is -0.343 e. The number of likely N-dealkylation sites (tertiary alicyclic amines) is 1. The fourth-order valence-corrected chi connectivity index (χ4v) is 1.57. The van der Waals surface area contributed by atoms with Gasteiger partial charge in [0.05, 0.1) is 0 Å². The fraction of sp³-hybridized carbons (Fsp3) is 0.909. The molecule has 0 aliphatic carbocycles. The SMILES string of the molecule is CC(C)(C)CCN1CCCCC1=O. The highest BCUT2D eigenvalue weighted by atomic mass is 16.2. The standard InChI is InChI=1S/C11H21NO/c1-11(2,3)7-9-12-8-5-4-6-10(12)13/h4-9H2,1-3H3. The molecule has 1 heterocycles. The van der Waals surface area contributed by atoms with Gasteiger partial charge in [-0.05, 0) is 24.7 Å². The molecule has 0 aromatic carbocycles. The van der Waals surface area contributed by atoms with Crippen LogP contribution in [0.5, 0.6) is 0 Å². The highest BCUT2D eigenvalue weighted by molar-refractivity contribution is 5.76. The van der Waals surface area contributed by atoms with Gasteiger partial charge in [-0.3, -0.25) is 4.79 Å². The van der Waals surface area contributed by atoms with Crippen molar-refractivity contribution in [3.8, 4) is 0 Å². The maximum Gasteiger partial charge on any atom is 0.222 e. The van der Waals surface area contributed by atoms with Gasteiger partial charge in [-0.2, -0.15) is 0 Å². The predicted octanol–water partition coefficient (Wildman–Crippen LogP) is 2.44. The summed E-state index contributed by atoms with van der Waals surface area (Å²) in [5.74, 6) is 0.357. The molecular formula is C11H21NO. The summed E-state index contributed by atoms with van der Waals surface area (Å²) in [6.45, 7) is 8.60. The number of hydrogen-bond acceptors (Lipinski definition) is 1. The average molecular weight is 183 g/mol. The number of rotatable bonds is 2. The third-order valence-corrected chi connectivity index (χ3v) is 2.55. The summed E-state index contributed by atoms with van der Waals surface area (Å²) in [6, 6.07) is 0. The van der Waals surface area contributed by atoms with E-state index in [1.807, 2.05) is 4.90 Å². The summed E-state index contributed by atoms with van der Waals surface area (Å²) < 4.78 is 0. The van der Waals surface area contributed by atoms with E-state index < -0.39 is 0 Å². The molecule has 0 atom stereocenters. The van der Waals surface area contributed by atoms with Gasteiger partial charge < -0.3 is 4.90 Å². The second kappa shape index (κ2) is 4.12. The van der Waals surface area contributed by atoms with Crippen molar-refractivity contribution in [3.63, 3.8) is 0 Å². The molecule has 2 heteroatoms. The molecule has 13 heavy (non-hydrogen) atoms. The molecule has 1 saturated heterocycles. The Balaban J connectivity index is 2.31. The smallest absolute Gasteiger partial charge is 0.222 e. The minimum absolute atomic E-state index is 0.345. The number of carbonyl (C=O) groups is 1. The van der Waals surface area contributed by atoms with Crippen molar-refractivity contribution in [1.29, 1.82) is 0 Å². The lowest BCUT2D eigenvalue weighted by molar-refractivity contribution is -0.133. The average Bonchev–Trinajstić information content (AvgIpc) is 2.01. The predicted molar refractivity (Wildman–Crippen MR) is 54.5 cm³/mol. The molecule has 1 fully saturated rings. The molecule has 0 saturated carbocycles. The van der Waals surface area contributed by atoms with Gasteiger partial charge in [-0.15, -0.1) is 0 Å². The number of piperidine rings is 1. The van der Waals surface area contributed by atoms with Gasteiger partial charge in [0.25, 0.3) is 0 Å². The topological polar surface area (TPSA) is 20.3 Å². The van der Waals surface area contributed by atoms with Crippen molar-refractivity contribution in [2.24, 2.45) is 5.41 Å². The second-order valence-corrected chi connectivity index (χ2v) is 5.15. The zero-order chi connectivity index (χ0) is 9.90. The third-order valence-electron chi connectivity index (χ3n) is 2.55. The molecule has 2 nitrogen and oxygen atoms in total. The van der Waals surface area contributed by atoms with E-state index in [9.17, 15) is 4.79 Å². The minimum atomic E-state index is 0.345. The monoisotopic (exact) mass is 183 g/mol. The summed E-state index contributed by atoms with van der Waals surface area (Å²) in [4.78, 5) is 13.5. The van der Waals surface area contributed by atoms with Crippen LogP contribution in [0.2, 0.25) is 0 Å². The van der Waals surface area contributed by atoms with E-state index in [4.69, 9.17) is 0 Å². The van der Waals surface area contributed by atoms with Crippen molar-refractivity contribution in [3.05, 3.63) is 0 Å². The van der Waals surface area contributed by atoms with Crippen LogP contribution < -0.4 is 0 Å². The summed E-state index contributed by atoms with van der Waals surface area (Å²) >= 11 is 0. The molecule has 0 spiro atoms. The Kier molecular flexibility index (Phi) is 3.34. The van der Waals surface area contributed by atoms with Crippen molar-refractivity contribution in [2.45, 2.75) is 46.5 Å². The molecule has 0 radical (unpaired) electrons. The summed E-state index contributed by atoms with van der Waals surface area (Å²) in [7, 11) is 0. The molecule has 0 unspecified atom stereocenters. The lowest BCUT2D eigenvalue weighted by Gasteiger charge is -2.29. The Labute approximate surface area is 81.3 Å². The highest BCUT2D eigenvalue weighted by Gasteiger charge is 2.19. The van der Waals surface area contributed by atoms with Crippen LogP contribution >= 0.6 is 0 Å². The Morgan fingerprint density at radius 2 is 2.00 bits per heavy atom. The van der Waals surface area contributed by atoms with Crippen molar-refractivity contribution < 1.29 is 4.79 Å². The van der Waals surface area contributed by atoms with E-state index in [0.717, 1.165) is 32.4 Å². The van der Waals surface area contributed by atoms with E-state index >= 15 is 0 Å². The van der Waals surface area contributed by atoms with Crippen LogP contribution in [0.4, 0.5) is 0 Å². The molecule has 0 bridgehead atoms. The number of nitrogens with zero attached hydrogens (tertiary/aromatic N) is 1. The molecule has 1 aliphatic rings. The van der Waals surface area contributed by atoms with Crippen LogP contribution in [0.3, 0.4) is 0 Å². The Morgan fingerprint density at radius 1 is 1.31 bits per heavy atom. The van der Waals surface area contributed by atoms with E-state index in [-0.39, 0.29) is 0 Å². The zero-order valence-corrected chi connectivity index (χ0v) is 9.10. The first-order chi connectivity index (χ1) is 5.99. The first-order valence-electron chi connectivity index (χ1n) is 5.27. The van der Waals surface area contributed by atoms with Crippen molar-refractivity contribution in [2.75, 3.05) is 13.1 Å². The number of hydrogen-bond donors (Lipinski definition) is 0. The van der Waals surface area contributed by atoms with Crippen LogP contribution in [-0.2, 0) is 4.79 Å². The van der Waals surface area contributed by atoms with Crippen molar-refractivity contribution >= 4 is 5.91 Å². The summed E-state index contributed by atoms with van der Waals surface area (Å²) in [6.07, 6.45) is 4.16. The van der Waals surface area contributed by atoms with Crippen LogP contribution in [0.15, 0.2) is 0 Å². The lowest BCUT2D eigenvalue weighted by atomic mass is 9.92. The quantitative estimate of drug-likeness (QED) is 0.644. The van der Waals surface area contributed by atoms with Crippen LogP contribution in [-0.4, -0.2) is 23.9 Å². The van der Waals surface area contributed by atoms with Crippen LogP contribution in [0.1, 0.15) is 46.5 Å². The molecular weight excluding hydrogens is 162 g/mol. The highest BCUT2D eigenvalue weighted by Crippen LogP contribution is 2.20. The molecule has 1 amide bonds. The first-order valence-corrected chi connectivity index (χ1v) is 5.27. The summed E-state index contributed by atoms with van der Waals surface area (Å²) in [5, 5.41) is 0. The Hall–Kier alpha value is -0.530. The van der Waals surface area contributed by atoms with Gasteiger partial charge >= 0.3 is 0 Å².